The van der Waals surface area contributed by atoms with Crippen molar-refractivity contribution in [2.75, 3.05) is 19.6 Å². The third kappa shape index (κ3) is 6.17. The summed E-state index contributed by atoms with van der Waals surface area (Å²) in [6, 6.07) is 8.29. The summed E-state index contributed by atoms with van der Waals surface area (Å²) < 4.78 is 53.8. The number of pyridine rings is 1. The zero-order valence-electron chi connectivity index (χ0n) is 23.1. The predicted octanol–water partition coefficient (Wildman–Crippen LogP) is 4.40. The van der Waals surface area contributed by atoms with Gasteiger partial charge in [-0.25, -0.2) is 27.8 Å². The molecule has 0 saturated carbocycles. The molecule has 0 aliphatic heterocycles. The van der Waals surface area contributed by atoms with Crippen LogP contribution in [0.15, 0.2) is 56.7 Å². The molecule has 0 atom stereocenters. The van der Waals surface area contributed by atoms with Crippen LogP contribution in [0.1, 0.15) is 11.4 Å². The van der Waals surface area contributed by atoms with Gasteiger partial charge in [0, 0.05) is 45.4 Å². The molecule has 0 amide bonds. The van der Waals surface area contributed by atoms with E-state index in [2.05, 4.69) is 19.4 Å². The Morgan fingerprint density at radius 2 is 1.74 bits per heavy atom. The van der Waals surface area contributed by atoms with Crippen molar-refractivity contribution in [1.29, 1.82) is 0 Å². The SMILES string of the molecule is COc1nc2c(=O)n(Cc3ncn(C)n3)c(=O)n(Cc3cc(F)c(F)c(Cl)c3)c2cc1-c1cc(N=S(C)(C)=O)ccc1Cl. The van der Waals surface area contributed by atoms with Crippen LogP contribution in [0.4, 0.5) is 14.5 Å². The van der Waals surface area contributed by atoms with Crippen LogP contribution in [-0.4, -0.2) is 52.7 Å². The molecule has 0 N–H and O–H groups in total. The highest BCUT2D eigenvalue weighted by molar-refractivity contribution is 7.92. The third-order valence-corrected chi connectivity index (χ3v) is 7.51. The number of halogens is 4. The van der Waals surface area contributed by atoms with Gasteiger partial charge in [0.1, 0.15) is 6.33 Å². The van der Waals surface area contributed by atoms with Crippen molar-refractivity contribution in [2.45, 2.75) is 13.1 Å². The second-order valence-corrected chi connectivity index (χ2v) is 13.2. The van der Waals surface area contributed by atoms with Crippen LogP contribution in [0.3, 0.4) is 0 Å². The first-order valence-electron chi connectivity index (χ1n) is 12.4. The van der Waals surface area contributed by atoms with Crippen molar-refractivity contribution in [3.63, 3.8) is 0 Å². The van der Waals surface area contributed by atoms with E-state index >= 15 is 0 Å². The Kier molecular flexibility index (Phi) is 8.11. The molecule has 3 heterocycles. The lowest BCUT2D eigenvalue weighted by atomic mass is 10.1. The average molecular weight is 650 g/mol. The van der Waals surface area contributed by atoms with Gasteiger partial charge >= 0.3 is 5.69 Å². The number of nitrogens with zero attached hydrogens (tertiary/aromatic N) is 7. The van der Waals surface area contributed by atoms with E-state index in [1.165, 1.54) is 47.3 Å². The predicted molar refractivity (Wildman–Crippen MR) is 160 cm³/mol. The number of fused-ring (bicyclic) bond motifs is 1. The molecule has 43 heavy (non-hydrogen) atoms. The van der Waals surface area contributed by atoms with Crippen LogP contribution in [0.5, 0.6) is 5.88 Å². The highest BCUT2D eigenvalue weighted by Crippen LogP contribution is 2.38. The van der Waals surface area contributed by atoms with E-state index in [4.69, 9.17) is 27.9 Å². The Bertz CT molecular complexity index is 2140. The first-order chi connectivity index (χ1) is 20.3. The van der Waals surface area contributed by atoms with Crippen molar-refractivity contribution in [2.24, 2.45) is 11.4 Å². The number of ether oxygens (including phenoxy) is 1. The van der Waals surface area contributed by atoms with E-state index < -0.39 is 37.6 Å². The van der Waals surface area contributed by atoms with Gasteiger partial charge in [-0.05, 0) is 42.0 Å². The van der Waals surface area contributed by atoms with Gasteiger partial charge in [0.2, 0.25) is 5.88 Å². The molecule has 2 aromatic carbocycles. The van der Waals surface area contributed by atoms with E-state index in [0.29, 0.717) is 11.3 Å². The highest BCUT2D eigenvalue weighted by atomic mass is 35.5. The molecule has 0 unspecified atom stereocenters. The normalized spacial score (nSPS) is 11.7. The Morgan fingerprint density at radius 1 is 1.00 bits per heavy atom. The Balaban J connectivity index is 1.82. The number of hydrogen-bond donors (Lipinski definition) is 0. The molecule has 5 rings (SSSR count). The largest absolute Gasteiger partial charge is 0.481 e. The van der Waals surface area contributed by atoms with Gasteiger partial charge in [-0.3, -0.25) is 18.6 Å². The maximum Gasteiger partial charge on any atom is 0.332 e. The zero-order chi connectivity index (χ0) is 31.2. The fourth-order valence-corrected chi connectivity index (χ4v) is 5.53. The minimum absolute atomic E-state index is 0.000891. The fourth-order valence-electron chi connectivity index (χ4n) is 4.46. The van der Waals surface area contributed by atoms with Crippen LogP contribution in [0, 0.1) is 11.6 Å². The zero-order valence-corrected chi connectivity index (χ0v) is 25.5. The molecule has 0 aliphatic rings. The standard InChI is InChI=1S/C27H23Cl2F2N7O4S/c1-36-13-32-22(34-36)12-38-26(39)24-21(37(27(38)40)11-14-7-19(29)23(31)20(30)8-14)10-17(25(33-24)42-2)16-9-15(5-6-18(16)28)35-43(3,4)41/h5-10,13H,11-12H2,1-4H3. The second kappa shape index (κ2) is 11.5. The number of hydrogen-bond acceptors (Lipinski definition) is 8. The number of aromatic nitrogens is 6. The van der Waals surface area contributed by atoms with Gasteiger partial charge in [0.15, 0.2) is 23.0 Å². The monoisotopic (exact) mass is 649 g/mol. The quantitative estimate of drug-likeness (QED) is 0.239. The molecule has 0 saturated heterocycles. The van der Waals surface area contributed by atoms with E-state index in [-0.39, 0.29) is 52.0 Å². The van der Waals surface area contributed by atoms with Crippen molar-refractivity contribution < 1.29 is 17.7 Å². The van der Waals surface area contributed by atoms with Crippen molar-refractivity contribution in [3.05, 3.63) is 96.6 Å². The Labute approximate surface area is 253 Å². The molecule has 5 aromatic rings. The molecule has 0 aliphatic carbocycles. The summed E-state index contributed by atoms with van der Waals surface area (Å²) in [6.45, 7) is -0.603. The summed E-state index contributed by atoms with van der Waals surface area (Å²) in [5, 5.41) is 3.93. The van der Waals surface area contributed by atoms with E-state index in [9.17, 15) is 22.6 Å². The van der Waals surface area contributed by atoms with Crippen LogP contribution >= 0.6 is 23.2 Å². The maximum absolute atomic E-state index is 14.3. The molecular formula is C27H23Cl2F2N7O4S. The average Bonchev–Trinajstić information content (AvgIpc) is 3.36. The van der Waals surface area contributed by atoms with Gasteiger partial charge in [-0.2, -0.15) is 9.46 Å². The minimum Gasteiger partial charge on any atom is -0.481 e. The smallest absolute Gasteiger partial charge is 0.332 e. The minimum atomic E-state index is -2.52. The molecule has 0 spiro atoms. The topological polar surface area (TPSA) is 126 Å². The summed E-state index contributed by atoms with van der Waals surface area (Å²) in [7, 11) is 0.463. The van der Waals surface area contributed by atoms with Gasteiger partial charge in [-0.15, -0.1) is 0 Å². The van der Waals surface area contributed by atoms with Crippen molar-refractivity contribution >= 4 is 49.7 Å². The third-order valence-electron chi connectivity index (χ3n) is 6.26. The second-order valence-electron chi connectivity index (χ2n) is 9.82. The van der Waals surface area contributed by atoms with Crippen molar-refractivity contribution in [1.82, 2.24) is 28.9 Å². The molecule has 3 aromatic heterocycles. The van der Waals surface area contributed by atoms with Gasteiger partial charge < -0.3 is 4.74 Å². The number of methoxy groups -OCH3 is 1. The number of benzene rings is 2. The summed E-state index contributed by atoms with van der Waals surface area (Å²) in [5.74, 6) is -2.25. The fraction of sp³-hybridized carbons (Fsp3) is 0.222. The molecular weight excluding hydrogens is 627 g/mol. The lowest BCUT2D eigenvalue weighted by molar-refractivity contribution is 0.401. The lowest BCUT2D eigenvalue weighted by Gasteiger charge is -2.17. The molecule has 11 nitrogen and oxygen atoms in total. The maximum atomic E-state index is 14.3. The summed E-state index contributed by atoms with van der Waals surface area (Å²) in [5.41, 5.74) is -0.505. The van der Waals surface area contributed by atoms with E-state index in [0.717, 1.165) is 10.6 Å². The van der Waals surface area contributed by atoms with Gasteiger partial charge in [0.05, 0.1) is 36.4 Å². The van der Waals surface area contributed by atoms with Crippen molar-refractivity contribution in [3.8, 4) is 17.0 Å². The Hall–Kier alpha value is -4.14. The molecule has 16 heteroatoms. The van der Waals surface area contributed by atoms with E-state index in [1.54, 1.807) is 25.2 Å². The summed E-state index contributed by atoms with van der Waals surface area (Å²) in [4.78, 5) is 36.1. The Morgan fingerprint density at radius 3 is 2.37 bits per heavy atom. The highest BCUT2D eigenvalue weighted by Gasteiger charge is 2.22. The summed E-state index contributed by atoms with van der Waals surface area (Å²) in [6.07, 6.45) is 4.37. The summed E-state index contributed by atoms with van der Waals surface area (Å²) >= 11 is 12.4. The van der Waals surface area contributed by atoms with Crippen LogP contribution < -0.4 is 16.0 Å². The molecule has 0 bridgehead atoms. The van der Waals surface area contributed by atoms with Crippen LogP contribution in [0.25, 0.3) is 22.2 Å². The number of aryl methyl sites for hydroxylation is 1. The van der Waals surface area contributed by atoms with Crippen LogP contribution in [-0.2, 0) is 29.9 Å². The number of rotatable bonds is 7. The molecule has 0 fully saturated rings. The molecule has 224 valence electrons. The van der Waals surface area contributed by atoms with Gasteiger partial charge in [-0.1, -0.05) is 23.2 Å². The van der Waals surface area contributed by atoms with Crippen LogP contribution in [0.2, 0.25) is 10.0 Å². The first-order valence-corrected chi connectivity index (χ1v) is 15.5. The molecule has 0 radical (unpaired) electrons. The van der Waals surface area contributed by atoms with Gasteiger partial charge in [0.25, 0.3) is 5.56 Å². The van der Waals surface area contributed by atoms with E-state index in [1.807, 2.05) is 0 Å². The lowest BCUT2D eigenvalue weighted by Crippen LogP contribution is -2.41. The first kappa shape index (κ1) is 30.3.